The molecule has 0 bridgehead atoms. The molecule has 0 fully saturated rings. The van der Waals surface area contributed by atoms with Crippen molar-refractivity contribution in [3.63, 3.8) is 0 Å². The summed E-state index contributed by atoms with van der Waals surface area (Å²) in [4.78, 5) is 0. The molecule has 1 rings (SSSR count). The van der Waals surface area contributed by atoms with Gasteiger partial charge >= 0.3 is 6.18 Å². The topological polar surface area (TPSA) is 0 Å². The number of halogens is 5. The number of hydrogen-bond acceptors (Lipinski definition) is 0. The fourth-order valence-electron chi connectivity index (χ4n) is 1.13. The summed E-state index contributed by atoms with van der Waals surface area (Å²) in [6.45, 7) is -0.466. The van der Waals surface area contributed by atoms with E-state index in [1.165, 1.54) is 12.1 Å². The number of hydrogen-bond donors (Lipinski definition) is 0. The standard InChI is InChI=1S/C10H9F5/c1-7-2-4-8(5-3-7)9(12,6-11)10(13,14)15/h2-5H,6H2,1H3. The third kappa shape index (κ3) is 2.11. The van der Waals surface area contributed by atoms with Crippen LogP contribution in [0.5, 0.6) is 0 Å². The Morgan fingerprint density at radius 1 is 1.00 bits per heavy atom. The predicted molar refractivity (Wildman–Crippen MR) is 46.0 cm³/mol. The first-order valence-electron chi connectivity index (χ1n) is 4.20. The summed E-state index contributed by atoms with van der Waals surface area (Å²) < 4.78 is 62.4. The molecule has 0 saturated carbocycles. The van der Waals surface area contributed by atoms with Gasteiger partial charge < -0.3 is 0 Å². The van der Waals surface area contributed by atoms with E-state index in [9.17, 15) is 22.0 Å². The van der Waals surface area contributed by atoms with Gasteiger partial charge in [0.1, 0.15) is 6.67 Å². The zero-order chi connectivity index (χ0) is 11.7. The van der Waals surface area contributed by atoms with Gasteiger partial charge in [0, 0.05) is 5.56 Å². The minimum atomic E-state index is -5.24. The van der Waals surface area contributed by atoms with Gasteiger partial charge in [-0.05, 0) is 6.92 Å². The van der Waals surface area contributed by atoms with Crippen LogP contribution in [-0.4, -0.2) is 12.9 Å². The molecular weight excluding hydrogens is 215 g/mol. The molecule has 0 N–H and O–H groups in total. The number of benzene rings is 1. The molecule has 1 aromatic carbocycles. The van der Waals surface area contributed by atoms with E-state index in [-0.39, 0.29) is 0 Å². The molecule has 0 saturated heterocycles. The van der Waals surface area contributed by atoms with E-state index in [2.05, 4.69) is 0 Å². The van der Waals surface area contributed by atoms with Crippen molar-refractivity contribution in [3.05, 3.63) is 35.4 Å². The maximum atomic E-state index is 13.4. The van der Waals surface area contributed by atoms with E-state index in [0.29, 0.717) is 5.56 Å². The fraction of sp³-hybridized carbons (Fsp3) is 0.400. The maximum Gasteiger partial charge on any atom is 0.429 e. The van der Waals surface area contributed by atoms with Crippen molar-refractivity contribution in [2.24, 2.45) is 0 Å². The molecule has 0 aliphatic rings. The Hall–Kier alpha value is -1.13. The van der Waals surface area contributed by atoms with Gasteiger partial charge in [-0.25, -0.2) is 8.78 Å². The fourth-order valence-corrected chi connectivity index (χ4v) is 1.13. The second-order valence-electron chi connectivity index (χ2n) is 3.30. The number of alkyl halides is 5. The first-order valence-corrected chi connectivity index (χ1v) is 4.20. The Bertz CT molecular complexity index is 327. The summed E-state index contributed by atoms with van der Waals surface area (Å²) in [7, 11) is 0. The Morgan fingerprint density at radius 3 is 1.80 bits per heavy atom. The van der Waals surface area contributed by atoms with Gasteiger partial charge in [-0.15, -0.1) is 0 Å². The molecule has 0 aliphatic carbocycles. The zero-order valence-electron chi connectivity index (χ0n) is 7.91. The molecule has 0 aromatic heterocycles. The van der Waals surface area contributed by atoms with Crippen molar-refractivity contribution in [1.82, 2.24) is 0 Å². The lowest BCUT2D eigenvalue weighted by molar-refractivity contribution is -0.240. The summed E-state index contributed by atoms with van der Waals surface area (Å²) >= 11 is 0. The van der Waals surface area contributed by atoms with Crippen molar-refractivity contribution in [3.8, 4) is 0 Å². The summed E-state index contributed by atoms with van der Waals surface area (Å²) in [5, 5.41) is 0. The van der Waals surface area contributed by atoms with Crippen molar-refractivity contribution in [2.45, 2.75) is 18.8 Å². The molecule has 1 unspecified atom stereocenters. The van der Waals surface area contributed by atoms with Crippen molar-refractivity contribution < 1.29 is 22.0 Å². The predicted octanol–water partition coefficient (Wildman–Crippen LogP) is 3.69. The second kappa shape index (κ2) is 3.79. The molecule has 0 aliphatic heterocycles. The minimum absolute atomic E-state index is 0.683. The molecule has 0 nitrogen and oxygen atoms in total. The van der Waals surface area contributed by atoms with E-state index in [1.807, 2.05) is 0 Å². The molecule has 0 spiro atoms. The molecular formula is C10H9F5. The van der Waals surface area contributed by atoms with Crippen molar-refractivity contribution in [2.75, 3.05) is 6.67 Å². The van der Waals surface area contributed by atoms with Gasteiger partial charge in [0.05, 0.1) is 0 Å². The second-order valence-corrected chi connectivity index (χ2v) is 3.30. The van der Waals surface area contributed by atoms with Crippen LogP contribution >= 0.6 is 0 Å². The van der Waals surface area contributed by atoms with Crippen LogP contribution in [0.2, 0.25) is 0 Å². The smallest absolute Gasteiger partial charge is 0.247 e. The van der Waals surface area contributed by atoms with Crippen LogP contribution in [0.4, 0.5) is 22.0 Å². The van der Waals surface area contributed by atoms with Gasteiger partial charge in [0.15, 0.2) is 0 Å². The Balaban J connectivity index is 3.18. The third-order valence-corrected chi connectivity index (χ3v) is 2.14. The highest BCUT2D eigenvalue weighted by atomic mass is 19.4. The van der Waals surface area contributed by atoms with Crippen LogP contribution in [0, 0.1) is 6.92 Å². The Kier molecular flexibility index (Phi) is 3.02. The van der Waals surface area contributed by atoms with Crippen LogP contribution in [0.25, 0.3) is 0 Å². The first kappa shape index (κ1) is 11.9. The van der Waals surface area contributed by atoms with Crippen molar-refractivity contribution in [1.29, 1.82) is 0 Å². The monoisotopic (exact) mass is 224 g/mol. The van der Waals surface area contributed by atoms with Crippen LogP contribution in [-0.2, 0) is 5.67 Å². The van der Waals surface area contributed by atoms with Crippen LogP contribution in [0.1, 0.15) is 11.1 Å². The number of aryl methyl sites for hydroxylation is 1. The third-order valence-electron chi connectivity index (χ3n) is 2.14. The summed E-state index contributed by atoms with van der Waals surface area (Å²) in [5.41, 5.74) is -3.93. The molecule has 1 aromatic rings. The quantitative estimate of drug-likeness (QED) is 0.672. The zero-order valence-corrected chi connectivity index (χ0v) is 7.91. The molecule has 5 heteroatoms. The average molecular weight is 224 g/mol. The average Bonchev–Trinajstić information content (AvgIpc) is 2.16. The largest absolute Gasteiger partial charge is 0.429 e. The van der Waals surface area contributed by atoms with E-state index >= 15 is 0 Å². The SMILES string of the molecule is Cc1ccc(C(F)(CF)C(F)(F)F)cc1. The summed E-state index contributed by atoms with van der Waals surface area (Å²) in [5.74, 6) is 0. The van der Waals surface area contributed by atoms with Gasteiger partial charge in [-0.1, -0.05) is 29.8 Å². The molecule has 1 atom stereocenters. The van der Waals surface area contributed by atoms with Gasteiger partial charge in [0.2, 0.25) is 0 Å². The van der Waals surface area contributed by atoms with Gasteiger partial charge in [-0.2, -0.15) is 13.2 Å². The normalized spacial score (nSPS) is 16.1. The number of rotatable bonds is 2. The van der Waals surface area contributed by atoms with Crippen LogP contribution in [0.15, 0.2) is 24.3 Å². The lowest BCUT2D eigenvalue weighted by Crippen LogP contribution is -2.40. The van der Waals surface area contributed by atoms with E-state index in [0.717, 1.165) is 12.1 Å². The molecule has 0 radical (unpaired) electrons. The van der Waals surface area contributed by atoms with Crippen molar-refractivity contribution >= 4 is 0 Å². The highest BCUT2D eigenvalue weighted by Gasteiger charge is 2.57. The van der Waals surface area contributed by atoms with Gasteiger partial charge in [0.25, 0.3) is 5.67 Å². The highest BCUT2D eigenvalue weighted by molar-refractivity contribution is 5.28. The van der Waals surface area contributed by atoms with Gasteiger partial charge in [-0.3, -0.25) is 0 Å². The summed E-state index contributed by atoms with van der Waals surface area (Å²) in [6, 6.07) is 4.51. The van der Waals surface area contributed by atoms with Crippen LogP contribution < -0.4 is 0 Å². The molecule has 15 heavy (non-hydrogen) atoms. The Morgan fingerprint density at radius 2 is 1.47 bits per heavy atom. The lowest BCUT2D eigenvalue weighted by Gasteiger charge is -2.25. The van der Waals surface area contributed by atoms with E-state index in [4.69, 9.17) is 0 Å². The van der Waals surface area contributed by atoms with E-state index < -0.39 is 24.1 Å². The first-order chi connectivity index (χ1) is 6.81. The molecule has 0 heterocycles. The molecule has 0 amide bonds. The van der Waals surface area contributed by atoms with Crippen LogP contribution in [0.3, 0.4) is 0 Å². The highest BCUT2D eigenvalue weighted by Crippen LogP contribution is 2.42. The van der Waals surface area contributed by atoms with E-state index in [1.54, 1.807) is 6.92 Å². The Labute approximate surface area is 83.7 Å². The molecule has 84 valence electrons. The minimum Gasteiger partial charge on any atom is -0.247 e. The lowest BCUT2D eigenvalue weighted by atomic mass is 9.96. The summed E-state index contributed by atoms with van der Waals surface area (Å²) in [6.07, 6.45) is -5.24. The maximum absolute atomic E-state index is 13.4.